The van der Waals surface area contributed by atoms with Gasteiger partial charge in [-0.2, -0.15) is 15.0 Å². The lowest BCUT2D eigenvalue weighted by molar-refractivity contribution is 0.606. The van der Waals surface area contributed by atoms with Crippen LogP contribution >= 0.6 is 0 Å². The Morgan fingerprint density at radius 3 is 1.68 bits per heavy atom. The maximum absolute atomic E-state index is 5.57. The number of rotatable bonds is 15. The van der Waals surface area contributed by atoms with Gasteiger partial charge in [0.2, 0.25) is 11.9 Å². The van der Waals surface area contributed by atoms with Crippen molar-refractivity contribution in [3.63, 3.8) is 0 Å². The van der Waals surface area contributed by atoms with E-state index in [1.54, 1.807) is 0 Å². The zero-order valence-corrected chi connectivity index (χ0v) is 16.1. The van der Waals surface area contributed by atoms with Crippen LogP contribution in [-0.2, 0) is 6.42 Å². The zero-order valence-electron chi connectivity index (χ0n) is 16.1. The molecule has 5 heteroatoms. The third-order valence-corrected chi connectivity index (χ3v) is 4.38. The molecule has 142 valence electrons. The lowest BCUT2D eigenvalue weighted by atomic mass is 10.1. The van der Waals surface area contributed by atoms with Gasteiger partial charge in [-0.05, 0) is 32.1 Å². The molecule has 0 bridgehead atoms. The van der Waals surface area contributed by atoms with E-state index >= 15 is 0 Å². The van der Waals surface area contributed by atoms with Crippen LogP contribution in [0.15, 0.2) is 12.2 Å². The number of nitrogens with two attached hydrogens (primary N) is 2. The standard InChI is InChI=1S/C20H37N5/c1-2-3-4-5-6-7-8-9-10-11-12-13-14-15-16-17-18-23-19(21)25-20(22)24-18/h9-10H,2-8,11-17H2,1H3,(H4,21,22,23,24,25). The highest BCUT2D eigenvalue weighted by molar-refractivity contribution is 5.25. The lowest BCUT2D eigenvalue weighted by Crippen LogP contribution is -2.06. The van der Waals surface area contributed by atoms with E-state index in [9.17, 15) is 0 Å². The molecular weight excluding hydrogens is 310 g/mol. The van der Waals surface area contributed by atoms with Gasteiger partial charge in [0.25, 0.3) is 0 Å². The van der Waals surface area contributed by atoms with Crippen molar-refractivity contribution >= 4 is 11.9 Å². The molecule has 1 rings (SSSR count). The van der Waals surface area contributed by atoms with E-state index < -0.39 is 0 Å². The Bertz CT molecular complexity index is 453. The van der Waals surface area contributed by atoms with Crippen LogP contribution in [-0.4, -0.2) is 15.0 Å². The molecule has 0 amide bonds. The average Bonchev–Trinajstić information content (AvgIpc) is 2.57. The summed E-state index contributed by atoms with van der Waals surface area (Å²) < 4.78 is 0. The molecule has 0 aliphatic heterocycles. The van der Waals surface area contributed by atoms with Gasteiger partial charge in [-0.1, -0.05) is 70.4 Å². The van der Waals surface area contributed by atoms with Crippen LogP contribution in [0.25, 0.3) is 0 Å². The Morgan fingerprint density at radius 1 is 0.640 bits per heavy atom. The van der Waals surface area contributed by atoms with Crippen molar-refractivity contribution in [2.24, 2.45) is 0 Å². The molecule has 25 heavy (non-hydrogen) atoms. The maximum Gasteiger partial charge on any atom is 0.225 e. The molecule has 0 saturated carbocycles. The molecule has 0 saturated heterocycles. The summed E-state index contributed by atoms with van der Waals surface area (Å²) in [7, 11) is 0. The summed E-state index contributed by atoms with van der Waals surface area (Å²) in [4.78, 5) is 12.0. The zero-order chi connectivity index (χ0) is 18.2. The Labute approximate surface area is 153 Å². The highest BCUT2D eigenvalue weighted by atomic mass is 15.1. The van der Waals surface area contributed by atoms with Crippen molar-refractivity contribution in [2.45, 2.75) is 96.8 Å². The van der Waals surface area contributed by atoms with Crippen LogP contribution in [0.2, 0.25) is 0 Å². The van der Waals surface area contributed by atoms with Gasteiger partial charge in [0.1, 0.15) is 5.82 Å². The number of allylic oxidation sites excluding steroid dienone is 2. The van der Waals surface area contributed by atoms with E-state index in [-0.39, 0.29) is 11.9 Å². The Hall–Kier alpha value is -1.65. The van der Waals surface area contributed by atoms with Gasteiger partial charge in [-0.15, -0.1) is 0 Å². The van der Waals surface area contributed by atoms with Gasteiger partial charge in [-0.25, -0.2) is 0 Å². The van der Waals surface area contributed by atoms with Crippen LogP contribution in [0.3, 0.4) is 0 Å². The minimum Gasteiger partial charge on any atom is -0.368 e. The monoisotopic (exact) mass is 347 g/mol. The molecule has 4 N–H and O–H groups in total. The van der Waals surface area contributed by atoms with E-state index in [1.807, 2.05) is 0 Å². The third kappa shape index (κ3) is 12.4. The Morgan fingerprint density at radius 2 is 1.12 bits per heavy atom. The molecule has 0 aliphatic carbocycles. The van der Waals surface area contributed by atoms with Crippen molar-refractivity contribution in [3.05, 3.63) is 18.0 Å². The second-order valence-corrected chi connectivity index (χ2v) is 6.80. The highest BCUT2D eigenvalue weighted by Gasteiger charge is 2.01. The van der Waals surface area contributed by atoms with Crippen LogP contribution in [0.1, 0.15) is 96.2 Å². The molecule has 0 radical (unpaired) electrons. The van der Waals surface area contributed by atoms with E-state index in [0.717, 1.165) is 12.8 Å². The fourth-order valence-corrected chi connectivity index (χ4v) is 2.92. The number of aromatic nitrogens is 3. The smallest absolute Gasteiger partial charge is 0.225 e. The number of anilines is 2. The summed E-state index contributed by atoms with van der Waals surface area (Å²) in [5, 5.41) is 0. The first-order chi connectivity index (χ1) is 12.2. The van der Waals surface area contributed by atoms with Gasteiger partial charge < -0.3 is 11.5 Å². The van der Waals surface area contributed by atoms with E-state index in [1.165, 1.54) is 77.0 Å². The van der Waals surface area contributed by atoms with E-state index in [0.29, 0.717) is 5.82 Å². The van der Waals surface area contributed by atoms with Crippen molar-refractivity contribution in [2.75, 3.05) is 11.5 Å². The van der Waals surface area contributed by atoms with Gasteiger partial charge in [0.05, 0.1) is 0 Å². The minimum atomic E-state index is 0.218. The number of hydrogen-bond donors (Lipinski definition) is 2. The van der Waals surface area contributed by atoms with Crippen molar-refractivity contribution in [3.8, 4) is 0 Å². The molecule has 0 fully saturated rings. The summed E-state index contributed by atoms with van der Waals surface area (Å²) in [6.07, 6.45) is 22.5. The van der Waals surface area contributed by atoms with Crippen LogP contribution in [0, 0.1) is 0 Å². The van der Waals surface area contributed by atoms with Crippen LogP contribution in [0.4, 0.5) is 11.9 Å². The number of unbranched alkanes of at least 4 members (excludes halogenated alkanes) is 11. The summed E-state index contributed by atoms with van der Waals surface area (Å²) in [6, 6.07) is 0. The molecule has 5 nitrogen and oxygen atoms in total. The molecular formula is C20H37N5. The summed E-state index contributed by atoms with van der Waals surface area (Å²) in [5.74, 6) is 1.15. The molecule has 0 aliphatic rings. The lowest BCUT2D eigenvalue weighted by Gasteiger charge is -2.02. The number of nitrogens with zero attached hydrogens (tertiary/aromatic N) is 3. The van der Waals surface area contributed by atoms with E-state index in [2.05, 4.69) is 34.0 Å². The van der Waals surface area contributed by atoms with Crippen LogP contribution in [0.5, 0.6) is 0 Å². The van der Waals surface area contributed by atoms with Gasteiger partial charge in [0.15, 0.2) is 0 Å². The maximum atomic E-state index is 5.57. The first-order valence-corrected chi connectivity index (χ1v) is 10.1. The second-order valence-electron chi connectivity index (χ2n) is 6.80. The molecule has 0 aromatic carbocycles. The average molecular weight is 348 g/mol. The Balaban J connectivity index is 1.87. The van der Waals surface area contributed by atoms with Crippen LogP contribution < -0.4 is 11.5 Å². The summed E-state index contributed by atoms with van der Waals surface area (Å²) in [5.41, 5.74) is 11.1. The second kappa shape index (κ2) is 14.7. The molecule has 0 spiro atoms. The normalized spacial score (nSPS) is 11.4. The molecule has 0 atom stereocenters. The predicted octanol–water partition coefficient (Wildman–Crippen LogP) is 5.23. The minimum absolute atomic E-state index is 0.218. The molecule has 1 aromatic rings. The molecule has 0 unspecified atom stereocenters. The van der Waals surface area contributed by atoms with E-state index in [4.69, 9.17) is 11.5 Å². The van der Waals surface area contributed by atoms with Crippen molar-refractivity contribution in [1.29, 1.82) is 0 Å². The SMILES string of the molecule is CCCCCCCCC=CCCCCCCCc1nc(N)nc(N)n1. The quantitative estimate of drug-likeness (QED) is 0.335. The fraction of sp³-hybridized carbons (Fsp3) is 0.750. The molecule has 1 heterocycles. The largest absolute Gasteiger partial charge is 0.368 e. The van der Waals surface area contributed by atoms with Crippen molar-refractivity contribution in [1.82, 2.24) is 15.0 Å². The first kappa shape index (κ1) is 21.4. The van der Waals surface area contributed by atoms with Crippen molar-refractivity contribution < 1.29 is 0 Å². The summed E-state index contributed by atoms with van der Waals surface area (Å²) >= 11 is 0. The van der Waals surface area contributed by atoms with Gasteiger partial charge in [0, 0.05) is 6.42 Å². The fourth-order valence-electron chi connectivity index (χ4n) is 2.92. The number of aryl methyl sites for hydroxylation is 1. The molecule has 1 aromatic heterocycles. The Kier molecular flexibility index (Phi) is 12.6. The van der Waals surface area contributed by atoms with Gasteiger partial charge >= 0.3 is 0 Å². The summed E-state index contributed by atoms with van der Waals surface area (Å²) in [6.45, 7) is 2.27. The number of nitrogen functional groups attached to an aromatic ring is 2. The third-order valence-electron chi connectivity index (χ3n) is 4.38. The highest BCUT2D eigenvalue weighted by Crippen LogP contribution is 2.10. The van der Waals surface area contributed by atoms with Gasteiger partial charge in [-0.3, -0.25) is 0 Å². The topological polar surface area (TPSA) is 90.7 Å². The first-order valence-electron chi connectivity index (χ1n) is 10.1. The predicted molar refractivity (Wildman–Crippen MR) is 107 cm³/mol. The number of hydrogen-bond acceptors (Lipinski definition) is 5.